The molecule has 0 spiro atoms. The van der Waals surface area contributed by atoms with Gasteiger partial charge in [0.05, 0.1) is 12.8 Å². The normalized spacial score (nSPS) is 13.8. The van der Waals surface area contributed by atoms with Crippen molar-refractivity contribution >= 4 is 35.0 Å². The Kier molecular flexibility index (Phi) is 5.15. The molecule has 1 aromatic carbocycles. The van der Waals surface area contributed by atoms with E-state index in [0.717, 1.165) is 12.8 Å². The summed E-state index contributed by atoms with van der Waals surface area (Å²) in [4.78, 5) is 23.8. The molecule has 0 atom stereocenters. The molecule has 3 rings (SSSR count). The minimum Gasteiger partial charge on any atom is -0.495 e. The van der Waals surface area contributed by atoms with Gasteiger partial charge < -0.3 is 10.1 Å². The number of carbonyl (C=O) groups is 1. The molecule has 2 N–H and O–H groups in total. The molecule has 1 aliphatic carbocycles. The first-order chi connectivity index (χ1) is 11.6. The molecule has 24 heavy (non-hydrogen) atoms. The molecular formula is C15H17ClN4O3S. The highest BCUT2D eigenvalue weighted by Crippen LogP contribution is 2.36. The number of carbonyl (C=O) groups excluding carboxylic acids is 1. The average molecular weight is 369 g/mol. The number of benzene rings is 1. The second-order valence-corrected chi connectivity index (χ2v) is 6.90. The van der Waals surface area contributed by atoms with Gasteiger partial charge in [-0.3, -0.25) is 9.36 Å². The lowest BCUT2D eigenvalue weighted by atomic mass is 10.3. The summed E-state index contributed by atoms with van der Waals surface area (Å²) in [5, 5.41) is 10.4. The molecule has 1 heterocycles. The largest absolute Gasteiger partial charge is 0.495 e. The molecule has 0 bridgehead atoms. The van der Waals surface area contributed by atoms with Gasteiger partial charge in [-0.05, 0) is 31.0 Å². The third-order valence-corrected chi connectivity index (χ3v) is 4.77. The Morgan fingerprint density at radius 1 is 1.54 bits per heavy atom. The third-order valence-electron chi connectivity index (χ3n) is 3.58. The number of aromatic amines is 1. The molecular weight excluding hydrogens is 352 g/mol. The zero-order chi connectivity index (χ0) is 17.1. The molecule has 2 aromatic rings. The van der Waals surface area contributed by atoms with Crippen molar-refractivity contribution in [2.24, 2.45) is 0 Å². The Balaban J connectivity index is 1.55. The molecule has 1 amide bonds. The van der Waals surface area contributed by atoms with Gasteiger partial charge in [0.15, 0.2) is 5.16 Å². The van der Waals surface area contributed by atoms with Crippen molar-refractivity contribution in [3.63, 3.8) is 0 Å². The van der Waals surface area contributed by atoms with Gasteiger partial charge in [-0.1, -0.05) is 23.4 Å². The van der Waals surface area contributed by atoms with Gasteiger partial charge in [0.2, 0.25) is 5.91 Å². The number of aromatic nitrogens is 3. The Bertz CT molecular complexity index is 800. The molecule has 1 aromatic heterocycles. The molecule has 9 heteroatoms. The number of thioether (sulfide) groups is 1. The maximum absolute atomic E-state index is 12.1. The quantitative estimate of drug-likeness (QED) is 0.733. The number of nitrogens with zero attached hydrogens (tertiary/aromatic N) is 2. The van der Waals surface area contributed by atoms with E-state index in [0.29, 0.717) is 27.4 Å². The summed E-state index contributed by atoms with van der Waals surface area (Å²) >= 11 is 7.33. The van der Waals surface area contributed by atoms with Gasteiger partial charge in [0.1, 0.15) is 5.75 Å². The number of methoxy groups -OCH3 is 1. The van der Waals surface area contributed by atoms with Crippen LogP contribution in [0.2, 0.25) is 5.02 Å². The lowest BCUT2D eigenvalue weighted by Crippen LogP contribution is -2.16. The van der Waals surface area contributed by atoms with Crippen LogP contribution in [0.5, 0.6) is 5.75 Å². The van der Waals surface area contributed by atoms with Crippen LogP contribution in [0.3, 0.4) is 0 Å². The van der Waals surface area contributed by atoms with Crippen molar-refractivity contribution < 1.29 is 9.53 Å². The Hall–Kier alpha value is -1.93. The van der Waals surface area contributed by atoms with Gasteiger partial charge in [-0.2, -0.15) is 0 Å². The van der Waals surface area contributed by atoms with Gasteiger partial charge in [0.25, 0.3) is 0 Å². The predicted molar refractivity (Wildman–Crippen MR) is 93.1 cm³/mol. The molecule has 0 aliphatic heterocycles. The Labute approximate surface area is 147 Å². The molecule has 7 nitrogen and oxygen atoms in total. The van der Waals surface area contributed by atoms with E-state index in [-0.39, 0.29) is 24.1 Å². The van der Waals surface area contributed by atoms with E-state index in [1.54, 1.807) is 22.8 Å². The summed E-state index contributed by atoms with van der Waals surface area (Å²) in [6, 6.07) is 5.29. The topological polar surface area (TPSA) is 89.0 Å². The first-order valence-electron chi connectivity index (χ1n) is 7.51. The number of hydrogen-bond donors (Lipinski definition) is 2. The smallest absolute Gasteiger partial charge is 0.344 e. The van der Waals surface area contributed by atoms with Crippen molar-refractivity contribution in [2.45, 2.75) is 30.5 Å². The second-order valence-electron chi connectivity index (χ2n) is 5.40. The number of anilines is 1. The Morgan fingerprint density at radius 3 is 3.04 bits per heavy atom. The fraction of sp³-hybridized carbons (Fsp3) is 0.400. The molecule has 128 valence electrons. The molecule has 1 aliphatic rings. The first kappa shape index (κ1) is 16.9. The zero-order valence-electron chi connectivity index (χ0n) is 13.0. The van der Waals surface area contributed by atoms with Crippen molar-refractivity contribution in [3.05, 3.63) is 33.7 Å². The lowest BCUT2D eigenvalue weighted by Gasteiger charge is -2.10. The van der Waals surface area contributed by atoms with Crippen LogP contribution in [0.25, 0.3) is 0 Å². The van der Waals surface area contributed by atoms with Gasteiger partial charge in [-0.25, -0.2) is 9.89 Å². The SMILES string of the molecule is COc1ccc(Cl)cc1NC(=O)CCSc1n[nH]c(=O)n1C1CC1. The maximum atomic E-state index is 12.1. The van der Waals surface area contributed by atoms with Crippen LogP contribution in [-0.4, -0.2) is 33.5 Å². The van der Waals surface area contributed by atoms with E-state index in [4.69, 9.17) is 16.3 Å². The fourth-order valence-corrected chi connectivity index (χ4v) is 3.40. The monoisotopic (exact) mass is 368 g/mol. The molecule has 1 saturated carbocycles. The van der Waals surface area contributed by atoms with E-state index < -0.39 is 0 Å². The number of amides is 1. The Morgan fingerprint density at radius 2 is 2.33 bits per heavy atom. The van der Waals surface area contributed by atoms with Crippen LogP contribution in [-0.2, 0) is 4.79 Å². The van der Waals surface area contributed by atoms with E-state index in [2.05, 4.69) is 15.5 Å². The van der Waals surface area contributed by atoms with Crippen LogP contribution in [0.1, 0.15) is 25.3 Å². The third kappa shape index (κ3) is 3.93. The van der Waals surface area contributed by atoms with E-state index in [1.165, 1.54) is 18.9 Å². The molecule has 0 saturated heterocycles. The molecule has 0 unspecified atom stereocenters. The highest BCUT2D eigenvalue weighted by Gasteiger charge is 2.28. The summed E-state index contributed by atoms with van der Waals surface area (Å²) in [5.74, 6) is 0.917. The van der Waals surface area contributed by atoms with Crippen molar-refractivity contribution in [1.82, 2.24) is 14.8 Å². The number of nitrogens with one attached hydrogen (secondary N) is 2. The lowest BCUT2D eigenvalue weighted by molar-refractivity contribution is -0.115. The number of ether oxygens (including phenoxy) is 1. The standard InChI is InChI=1S/C15H17ClN4O3S/c1-23-12-5-2-9(16)8-11(12)17-13(21)6-7-24-15-19-18-14(22)20(15)10-3-4-10/h2,5,8,10H,3-4,6-7H2,1H3,(H,17,21)(H,18,22). The van der Waals surface area contributed by atoms with Crippen LogP contribution in [0, 0.1) is 0 Å². The highest BCUT2D eigenvalue weighted by atomic mass is 35.5. The van der Waals surface area contributed by atoms with E-state index in [9.17, 15) is 9.59 Å². The fourth-order valence-electron chi connectivity index (χ4n) is 2.27. The van der Waals surface area contributed by atoms with Crippen molar-refractivity contribution in [3.8, 4) is 5.75 Å². The zero-order valence-corrected chi connectivity index (χ0v) is 14.6. The van der Waals surface area contributed by atoms with Gasteiger partial charge >= 0.3 is 5.69 Å². The summed E-state index contributed by atoms with van der Waals surface area (Å²) in [7, 11) is 1.53. The van der Waals surface area contributed by atoms with Crippen molar-refractivity contribution in [2.75, 3.05) is 18.2 Å². The van der Waals surface area contributed by atoms with E-state index >= 15 is 0 Å². The molecule has 0 radical (unpaired) electrons. The highest BCUT2D eigenvalue weighted by molar-refractivity contribution is 7.99. The number of halogens is 1. The number of hydrogen-bond acceptors (Lipinski definition) is 5. The van der Waals surface area contributed by atoms with Crippen molar-refractivity contribution in [1.29, 1.82) is 0 Å². The van der Waals surface area contributed by atoms with Gasteiger partial charge in [0, 0.05) is 23.2 Å². The molecule has 1 fully saturated rings. The second kappa shape index (κ2) is 7.31. The summed E-state index contributed by atoms with van der Waals surface area (Å²) < 4.78 is 6.87. The average Bonchev–Trinajstić information content (AvgIpc) is 3.31. The van der Waals surface area contributed by atoms with E-state index in [1.807, 2.05) is 0 Å². The summed E-state index contributed by atoms with van der Waals surface area (Å²) in [5.41, 5.74) is 0.350. The van der Waals surface area contributed by atoms with Gasteiger partial charge in [-0.15, -0.1) is 5.10 Å². The van der Waals surface area contributed by atoms with Crippen LogP contribution in [0.4, 0.5) is 5.69 Å². The summed E-state index contributed by atoms with van der Waals surface area (Å²) in [6.45, 7) is 0. The summed E-state index contributed by atoms with van der Waals surface area (Å²) in [6.07, 6.45) is 2.29. The predicted octanol–water partition coefficient (Wildman–Crippen LogP) is 2.69. The number of H-pyrrole nitrogens is 1. The number of rotatable bonds is 7. The minimum absolute atomic E-state index is 0.154. The maximum Gasteiger partial charge on any atom is 0.344 e. The minimum atomic E-state index is -0.187. The first-order valence-corrected chi connectivity index (χ1v) is 8.88. The van der Waals surface area contributed by atoms with Crippen LogP contribution < -0.4 is 15.7 Å². The van der Waals surface area contributed by atoms with Crippen LogP contribution in [0.15, 0.2) is 28.2 Å². The van der Waals surface area contributed by atoms with Crippen LogP contribution >= 0.6 is 23.4 Å².